The highest BCUT2D eigenvalue weighted by Gasteiger charge is 2.14. The zero-order valence-electron chi connectivity index (χ0n) is 12.2. The summed E-state index contributed by atoms with van der Waals surface area (Å²) in [4.78, 5) is 0.263. The summed E-state index contributed by atoms with van der Waals surface area (Å²) in [5.74, 6) is 0. The molecule has 21 heavy (non-hydrogen) atoms. The van der Waals surface area contributed by atoms with Gasteiger partial charge in [0.1, 0.15) is 0 Å². The second kappa shape index (κ2) is 6.84. The fourth-order valence-corrected chi connectivity index (χ4v) is 2.86. The van der Waals surface area contributed by atoms with Crippen molar-refractivity contribution in [3.63, 3.8) is 0 Å². The van der Waals surface area contributed by atoms with Gasteiger partial charge in [0.15, 0.2) is 0 Å². The molecule has 2 aromatic rings. The Kier molecular flexibility index (Phi) is 5.11. The lowest BCUT2D eigenvalue weighted by molar-refractivity contribution is 0.579. The van der Waals surface area contributed by atoms with Crippen molar-refractivity contribution in [2.75, 3.05) is 6.54 Å². The Labute approximate surface area is 125 Å². The smallest absolute Gasteiger partial charge is 0.240 e. The second-order valence-corrected chi connectivity index (χ2v) is 6.50. The summed E-state index contributed by atoms with van der Waals surface area (Å²) in [6.07, 6.45) is 1.78. The van der Waals surface area contributed by atoms with Crippen LogP contribution < -0.4 is 10.0 Å². The zero-order chi connectivity index (χ0) is 15.3. The Morgan fingerprint density at radius 2 is 1.86 bits per heavy atom. The van der Waals surface area contributed by atoms with Gasteiger partial charge in [-0.1, -0.05) is 19.1 Å². The third kappa shape index (κ3) is 4.38. The standard InChI is InChI=1S/C14H20N4O2S/c1-3-15-10-12-4-6-14(7-5-12)21(19,20)16-11-13-8-9-18(2)17-13/h4-9,15-16H,3,10-11H2,1-2H3. The Hall–Kier alpha value is -1.70. The first-order valence-electron chi connectivity index (χ1n) is 6.79. The van der Waals surface area contributed by atoms with E-state index in [0.29, 0.717) is 5.69 Å². The maximum atomic E-state index is 12.2. The molecule has 1 aromatic carbocycles. The van der Waals surface area contributed by atoms with Crippen LogP contribution in [-0.4, -0.2) is 24.7 Å². The number of aromatic nitrogens is 2. The molecule has 0 amide bonds. The van der Waals surface area contributed by atoms with E-state index in [4.69, 9.17) is 0 Å². The molecule has 0 unspecified atom stereocenters. The van der Waals surface area contributed by atoms with Gasteiger partial charge in [0.25, 0.3) is 0 Å². The molecule has 1 heterocycles. The van der Waals surface area contributed by atoms with Gasteiger partial charge >= 0.3 is 0 Å². The number of nitrogens with one attached hydrogen (secondary N) is 2. The quantitative estimate of drug-likeness (QED) is 0.800. The molecule has 7 heteroatoms. The molecule has 0 saturated heterocycles. The maximum Gasteiger partial charge on any atom is 0.240 e. The van der Waals surface area contributed by atoms with E-state index in [1.807, 2.05) is 19.1 Å². The Morgan fingerprint density at radius 3 is 2.43 bits per heavy atom. The Bertz CT molecular complexity index is 677. The van der Waals surface area contributed by atoms with Gasteiger partial charge in [0.05, 0.1) is 17.1 Å². The van der Waals surface area contributed by atoms with Crippen LogP contribution in [0, 0.1) is 0 Å². The third-order valence-electron chi connectivity index (χ3n) is 3.02. The molecule has 0 bridgehead atoms. The monoisotopic (exact) mass is 308 g/mol. The molecular weight excluding hydrogens is 288 g/mol. The predicted octanol–water partition coefficient (Wildman–Crippen LogP) is 1.01. The van der Waals surface area contributed by atoms with Crippen LogP contribution in [0.2, 0.25) is 0 Å². The van der Waals surface area contributed by atoms with Crippen molar-refractivity contribution in [2.45, 2.75) is 24.9 Å². The largest absolute Gasteiger partial charge is 0.313 e. The van der Waals surface area contributed by atoms with Gasteiger partial charge in [0.2, 0.25) is 10.0 Å². The summed E-state index contributed by atoms with van der Waals surface area (Å²) < 4.78 is 28.5. The molecular formula is C14H20N4O2S. The van der Waals surface area contributed by atoms with Gasteiger partial charge in [-0.2, -0.15) is 5.10 Å². The van der Waals surface area contributed by atoms with Gasteiger partial charge < -0.3 is 5.32 Å². The molecule has 0 spiro atoms. The van der Waals surface area contributed by atoms with Crippen molar-refractivity contribution in [2.24, 2.45) is 7.05 Å². The number of rotatable bonds is 7. The van der Waals surface area contributed by atoms with Crippen LogP contribution in [0.1, 0.15) is 18.2 Å². The topological polar surface area (TPSA) is 76.0 Å². The minimum Gasteiger partial charge on any atom is -0.313 e. The van der Waals surface area contributed by atoms with E-state index in [1.54, 1.807) is 36.1 Å². The van der Waals surface area contributed by atoms with E-state index in [2.05, 4.69) is 15.1 Å². The molecule has 0 radical (unpaired) electrons. The molecule has 0 atom stereocenters. The van der Waals surface area contributed by atoms with Gasteiger partial charge in [-0.05, 0) is 30.3 Å². The molecule has 0 aliphatic carbocycles. The van der Waals surface area contributed by atoms with E-state index in [1.165, 1.54) is 0 Å². The highest BCUT2D eigenvalue weighted by molar-refractivity contribution is 7.89. The minimum atomic E-state index is -3.51. The summed E-state index contributed by atoms with van der Waals surface area (Å²) in [6.45, 7) is 3.83. The van der Waals surface area contributed by atoms with Crippen molar-refractivity contribution in [3.8, 4) is 0 Å². The summed E-state index contributed by atoms with van der Waals surface area (Å²) in [5.41, 5.74) is 1.74. The lowest BCUT2D eigenvalue weighted by Crippen LogP contribution is -2.23. The van der Waals surface area contributed by atoms with E-state index >= 15 is 0 Å². The van der Waals surface area contributed by atoms with Gasteiger partial charge in [-0.15, -0.1) is 0 Å². The minimum absolute atomic E-state index is 0.183. The summed E-state index contributed by atoms with van der Waals surface area (Å²) in [5, 5.41) is 7.33. The average Bonchev–Trinajstić information content (AvgIpc) is 2.89. The van der Waals surface area contributed by atoms with Crippen molar-refractivity contribution in [3.05, 3.63) is 47.8 Å². The first-order valence-corrected chi connectivity index (χ1v) is 8.27. The lowest BCUT2D eigenvalue weighted by atomic mass is 10.2. The molecule has 1 aromatic heterocycles. The van der Waals surface area contributed by atoms with Crippen molar-refractivity contribution in [1.82, 2.24) is 19.8 Å². The molecule has 0 fully saturated rings. The molecule has 0 aliphatic heterocycles. The second-order valence-electron chi connectivity index (χ2n) is 4.73. The number of aryl methyl sites for hydroxylation is 1. The third-order valence-corrected chi connectivity index (χ3v) is 4.44. The normalized spacial score (nSPS) is 11.7. The van der Waals surface area contributed by atoms with E-state index in [0.717, 1.165) is 18.7 Å². The number of hydrogen-bond acceptors (Lipinski definition) is 4. The molecule has 2 rings (SSSR count). The highest BCUT2D eigenvalue weighted by Crippen LogP contribution is 2.11. The van der Waals surface area contributed by atoms with E-state index in [-0.39, 0.29) is 11.4 Å². The average molecular weight is 308 g/mol. The van der Waals surface area contributed by atoms with Crippen molar-refractivity contribution >= 4 is 10.0 Å². The lowest BCUT2D eigenvalue weighted by Gasteiger charge is -2.07. The van der Waals surface area contributed by atoms with Crippen molar-refractivity contribution < 1.29 is 8.42 Å². The molecule has 0 saturated carbocycles. The van der Waals surface area contributed by atoms with Crippen LogP contribution in [0.3, 0.4) is 0 Å². The molecule has 0 aliphatic rings. The molecule has 114 valence electrons. The Morgan fingerprint density at radius 1 is 1.14 bits per heavy atom. The highest BCUT2D eigenvalue weighted by atomic mass is 32.2. The van der Waals surface area contributed by atoms with Crippen LogP contribution in [0.4, 0.5) is 0 Å². The van der Waals surface area contributed by atoms with Crippen LogP contribution in [0.15, 0.2) is 41.4 Å². The fourth-order valence-electron chi connectivity index (χ4n) is 1.87. The number of sulfonamides is 1. The predicted molar refractivity (Wildman–Crippen MR) is 81.1 cm³/mol. The van der Waals surface area contributed by atoms with Gasteiger partial charge in [-0.3, -0.25) is 4.68 Å². The number of hydrogen-bond donors (Lipinski definition) is 2. The number of nitrogens with zero attached hydrogens (tertiary/aromatic N) is 2. The van der Waals surface area contributed by atoms with Crippen LogP contribution in [0.25, 0.3) is 0 Å². The Balaban J connectivity index is 2.01. The fraction of sp³-hybridized carbons (Fsp3) is 0.357. The molecule has 2 N–H and O–H groups in total. The zero-order valence-corrected chi connectivity index (χ0v) is 13.0. The summed E-state index contributed by atoms with van der Waals surface area (Å²) in [7, 11) is -1.71. The van der Waals surface area contributed by atoms with Crippen LogP contribution in [-0.2, 0) is 30.2 Å². The summed E-state index contributed by atoms with van der Waals surface area (Å²) in [6, 6.07) is 8.65. The number of benzene rings is 1. The maximum absolute atomic E-state index is 12.2. The van der Waals surface area contributed by atoms with E-state index < -0.39 is 10.0 Å². The first-order chi connectivity index (χ1) is 10.0. The van der Waals surface area contributed by atoms with Gasteiger partial charge in [-0.25, -0.2) is 13.1 Å². The van der Waals surface area contributed by atoms with Gasteiger partial charge in [0, 0.05) is 19.8 Å². The summed E-state index contributed by atoms with van der Waals surface area (Å²) >= 11 is 0. The molecule has 6 nitrogen and oxygen atoms in total. The van der Waals surface area contributed by atoms with E-state index in [9.17, 15) is 8.42 Å². The van der Waals surface area contributed by atoms with Crippen LogP contribution >= 0.6 is 0 Å². The first kappa shape index (κ1) is 15.7. The van der Waals surface area contributed by atoms with Crippen LogP contribution in [0.5, 0.6) is 0 Å². The van der Waals surface area contributed by atoms with Crippen molar-refractivity contribution in [1.29, 1.82) is 0 Å². The SMILES string of the molecule is CCNCc1ccc(S(=O)(=O)NCc2ccn(C)n2)cc1.